The maximum atomic E-state index is 8.74. The second-order valence-corrected chi connectivity index (χ2v) is 11.7. The summed E-state index contributed by atoms with van der Waals surface area (Å²) < 4.78 is 57.5. The molecule has 1 saturated carbocycles. The van der Waals surface area contributed by atoms with Crippen molar-refractivity contribution in [3.05, 3.63) is 41.6 Å². The lowest BCUT2D eigenvalue weighted by Gasteiger charge is -2.43. The van der Waals surface area contributed by atoms with Crippen molar-refractivity contribution >= 4 is 21.6 Å². The molecule has 3 aromatic rings. The number of aryl methyl sites for hydroxylation is 1. The van der Waals surface area contributed by atoms with E-state index in [1.54, 1.807) is 21.3 Å². The van der Waals surface area contributed by atoms with Gasteiger partial charge in [-0.3, -0.25) is 13.6 Å². The van der Waals surface area contributed by atoms with E-state index < -0.39 is 10.4 Å². The Morgan fingerprint density at radius 1 is 1.05 bits per heavy atom. The number of fused-ring (bicyclic) bond motifs is 1. The third-order valence-corrected chi connectivity index (χ3v) is 8.01. The molecule has 0 radical (unpaired) electrons. The minimum atomic E-state index is -4.67. The molecular weight excluding hydrogens is 550 g/mol. The normalized spacial score (nSPS) is 17.5. The van der Waals surface area contributed by atoms with E-state index in [9.17, 15) is 0 Å². The number of rotatable bonds is 10. The van der Waals surface area contributed by atoms with Crippen LogP contribution in [-0.2, 0) is 32.9 Å². The Morgan fingerprint density at radius 2 is 1.66 bits per heavy atom. The van der Waals surface area contributed by atoms with Crippen LogP contribution in [0, 0.1) is 5.92 Å². The van der Waals surface area contributed by atoms with Crippen molar-refractivity contribution in [3.8, 4) is 22.8 Å². The van der Waals surface area contributed by atoms with Gasteiger partial charge in [0, 0.05) is 25.9 Å². The molecule has 2 aromatic heterocycles. The number of nitrogens with zero attached hydrogens (tertiary/aromatic N) is 3. The van der Waals surface area contributed by atoms with E-state index in [-0.39, 0.29) is 0 Å². The van der Waals surface area contributed by atoms with Crippen LogP contribution >= 0.6 is 0 Å². The maximum Gasteiger partial charge on any atom is 0.394 e. The average Bonchev–Trinajstić information content (AvgIpc) is 3.67. The van der Waals surface area contributed by atoms with E-state index in [2.05, 4.69) is 36.7 Å². The molecule has 226 valence electrons. The molecule has 0 amide bonds. The molecule has 2 fully saturated rings. The zero-order valence-electron chi connectivity index (χ0n) is 24.5. The maximum absolute atomic E-state index is 8.74. The number of pyridine rings is 1. The molecule has 1 aliphatic heterocycles. The van der Waals surface area contributed by atoms with Crippen LogP contribution in [0.25, 0.3) is 16.8 Å². The lowest BCUT2D eigenvalue weighted by molar-refractivity contribution is 0.0436. The summed E-state index contributed by atoms with van der Waals surface area (Å²) in [6.07, 6.45) is 5.74. The Morgan fingerprint density at radius 3 is 2.17 bits per heavy atom. The van der Waals surface area contributed by atoms with Gasteiger partial charge in [-0.15, -0.1) is 0 Å². The van der Waals surface area contributed by atoms with Gasteiger partial charge in [0.15, 0.2) is 5.69 Å². The minimum absolute atomic E-state index is 0.491. The Kier molecular flexibility index (Phi) is 9.93. The first-order valence-electron chi connectivity index (χ1n) is 13.9. The molecular formula is C29H42N3O8S+. The monoisotopic (exact) mass is 592 g/mol. The largest absolute Gasteiger partial charge is 0.496 e. The van der Waals surface area contributed by atoms with Crippen LogP contribution in [0.3, 0.4) is 0 Å². The van der Waals surface area contributed by atoms with Gasteiger partial charge in [0.25, 0.3) is 0 Å². The van der Waals surface area contributed by atoms with E-state index in [0.717, 1.165) is 71.2 Å². The summed E-state index contributed by atoms with van der Waals surface area (Å²) in [7, 11) is 2.88. The molecule has 2 aliphatic rings. The van der Waals surface area contributed by atoms with Crippen LogP contribution < -0.4 is 14.0 Å². The molecule has 0 bridgehead atoms. The van der Waals surface area contributed by atoms with E-state index in [1.807, 2.05) is 12.1 Å². The molecule has 1 aromatic carbocycles. The lowest BCUT2D eigenvalue weighted by atomic mass is 10.0. The number of aromatic nitrogens is 2. The van der Waals surface area contributed by atoms with Gasteiger partial charge in [-0.05, 0) is 49.1 Å². The van der Waals surface area contributed by atoms with Crippen LogP contribution in [0.1, 0.15) is 43.9 Å². The molecule has 41 heavy (non-hydrogen) atoms. The van der Waals surface area contributed by atoms with Crippen molar-refractivity contribution in [1.82, 2.24) is 14.1 Å². The fraction of sp³-hybridized carbons (Fsp3) is 0.552. The SMILES string of the molecule is CCc1nn2c(-c3c(OC)cc(COC)cc3OC)cccc2c1[N+](C)(CC1CC1)C1CCOCC1.O=S(=O)(O)O. The van der Waals surface area contributed by atoms with E-state index in [4.69, 9.17) is 41.6 Å². The summed E-state index contributed by atoms with van der Waals surface area (Å²) in [4.78, 5) is 0. The first-order chi connectivity index (χ1) is 19.5. The fourth-order valence-corrected chi connectivity index (χ4v) is 6.07. The van der Waals surface area contributed by atoms with E-state index in [1.165, 1.54) is 36.3 Å². The van der Waals surface area contributed by atoms with Crippen LogP contribution in [0.4, 0.5) is 5.69 Å². The lowest BCUT2D eigenvalue weighted by Crippen LogP contribution is -2.57. The Labute approximate surface area is 242 Å². The number of hydrogen-bond acceptors (Lipinski definition) is 7. The van der Waals surface area contributed by atoms with Crippen LogP contribution in [0.5, 0.6) is 11.5 Å². The number of ether oxygens (including phenoxy) is 4. The van der Waals surface area contributed by atoms with Crippen LogP contribution in [0.2, 0.25) is 0 Å². The Balaban J connectivity index is 0.000000714. The van der Waals surface area contributed by atoms with Crippen molar-refractivity contribution in [3.63, 3.8) is 0 Å². The second-order valence-electron chi connectivity index (χ2n) is 10.9. The highest BCUT2D eigenvalue weighted by molar-refractivity contribution is 7.79. The summed E-state index contributed by atoms with van der Waals surface area (Å²) in [6.45, 7) is 5.57. The molecule has 1 atom stereocenters. The van der Waals surface area contributed by atoms with Crippen molar-refractivity contribution in [2.45, 2.75) is 51.7 Å². The molecule has 12 heteroatoms. The first kappa shape index (κ1) is 31.2. The standard InChI is InChI=1S/C29H40N3O4.H2O4S/c1-6-23-29(32(2,18-20-10-11-20)22-12-14-36-15-13-22)25-9-7-8-24(31(25)30-23)28-26(34-4)16-21(19-33-3)17-27(28)35-5;1-5(2,3)4/h7-9,16-17,20,22H,6,10-15,18-19H2,1-5H3;(H2,1,2,3,4)/q+1;. The number of hydrogen-bond donors (Lipinski definition) is 2. The molecule has 1 saturated heterocycles. The van der Waals surface area contributed by atoms with Gasteiger partial charge < -0.3 is 18.9 Å². The minimum Gasteiger partial charge on any atom is -0.496 e. The molecule has 1 aliphatic carbocycles. The third-order valence-electron chi connectivity index (χ3n) is 8.01. The molecule has 2 N–H and O–H groups in total. The summed E-state index contributed by atoms with van der Waals surface area (Å²) in [5.74, 6) is 2.31. The molecule has 1 unspecified atom stereocenters. The Bertz CT molecular complexity index is 1410. The van der Waals surface area contributed by atoms with Crippen molar-refractivity contribution in [2.24, 2.45) is 5.92 Å². The van der Waals surface area contributed by atoms with E-state index in [0.29, 0.717) is 12.6 Å². The highest BCUT2D eigenvalue weighted by Crippen LogP contribution is 2.45. The average molecular weight is 593 g/mol. The summed E-state index contributed by atoms with van der Waals surface area (Å²) >= 11 is 0. The Hall–Kier alpha value is -2.74. The van der Waals surface area contributed by atoms with Crippen molar-refractivity contribution in [1.29, 1.82) is 0 Å². The predicted molar refractivity (Wildman–Crippen MR) is 157 cm³/mol. The van der Waals surface area contributed by atoms with Crippen molar-refractivity contribution in [2.75, 3.05) is 48.1 Å². The molecule has 3 heterocycles. The van der Waals surface area contributed by atoms with Gasteiger partial charge in [-0.1, -0.05) is 13.0 Å². The van der Waals surface area contributed by atoms with Crippen LogP contribution in [-0.4, -0.2) is 81.3 Å². The summed E-state index contributed by atoms with van der Waals surface area (Å²) in [5.41, 5.74) is 6.59. The number of benzene rings is 1. The van der Waals surface area contributed by atoms with Gasteiger partial charge in [0.05, 0.1) is 64.9 Å². The predicted octanol–water partition coefficient (Wildman–Crippen LogP) is 4.60. The van der Waals surface area contributed by atoms with Gasteiger partial charge >= 0.3 is 10.4 Å². The highest BCUT2D eigenvalue weighted by atomic mass is 32.3. The van der Waals surface area contributed by atoms with Gasteiger partial charge in [-0.2, -0.15) is 13.5 Å². The molecule has 0 spiro atoms. The summed E-state index contributed by atoms with van der Waals surface area (Å²) in [5, 5.41) is 5.24. The van der Waals surface area contributed by atoms with Gasteiger partial charge in [-0.25, -0.2) is 4.52 Å². The van der Waals surface area contributed by atoms with Crippen LogP contribution in [0.15, 0.2) is 30.3 Å². The molecule has 11 nitrogen and oxygen atoms in total. The first-order valence-corrected chi connectivity index (χ1v) is 15.3. The zero-order chi connectivity index (χ0) is 29.8. The zero-order valence-corrected chi connectivity index (χ0v) is 25.3. The smallest absolute Gasteiger partial charge is 0.394 e. The van der Waals surface area contributed by atoms with Gasteiger partial charge in [0.2, 0.25) is 0 Å². The van der Waals surface area contributed by atoms with Crippen molar-refractivity contribution < 1.29 is 36.5 Å². The fourth-order valence-electron chi connectivity index (χ4n) is 6.07. The second kappa shape index (κ2) is 13.1. The highest BCUT2D eigenvalue weighted by Gasteiger charge is 2.44. The third kappa shape index (κ3) is 7.19. The molecule has 5 rings (SSSR count). The quantitative estimate of drug-likeness (QED) is 0.256. The number of methoxy groups -OCH3 is 3. The topological polar surface area (TPSA) is 129 Å². The van der Waals surface area contributed by atoms with Gasteiger partial charge in [0.1, 0.15) is 22.7 Å². The van der Waals surface area contributed by atoms with E-state index >= 15 is 0 Å². The number of quaternary nitrogens is 1. The summed E-state index contributed by atoms with van der Waals surface area (Å²) in [6, 6.07) is 11.1.